The van der Waals surface area contributed by atoms with Gasteiger partial charge in [0.15, 0.2) is 0 Å². The van der Waals surface area contributed by atoms with Gasteiger partial charge in [0, 0.05) is 23.4 Å². The molecule has 0 aromatic heterocycles. The van der Waals surface area contributed by atoms with Gasteiger partial charge >= 0.3 is 0 Å². The molecule has 0 aromatic rings. The highest BCUT2D eigenvalue weighted by atomic mass is 14.8. The molecule has 1 unspecified atom stereocenters. The molecule has 1 rings (SSSR count). The molecule has 56 valence electrons. The summed E-state index contributed by atoms with van der Waals surface area (Å²) in [5.74, 6) is 0. The van der Waals surface area contributed by atoms with Gasteiger partial charge in [-0.2, -0.15) is 0 Å². The van der Waals surface area contributed by atoms with Crippen LogP contribution in [0.4, 0.5) is 0 Å². The van der Waals surface area contributed by atoms with Gasteiger partial charge in [-0.15, -0.1) is 0 Å². The van der Waals surface area contributed by atoms with Crippen LogP contribution >= 0.6 is 0 Å². The van der Waals surface area contributed by atoms with Gasteiger partial charge in [0.1, 0.15) is 0 Å². The Morgan fingerprint density at radius 2 is 2.10 bits per heavy atom. The van der Waals surface area contributed by atoms with Crippen LogP contribution in [-0.2, 0) is 0 Å². The molecule has 0 aliphatic heterocycles. The highest BCUT2D eigenvalue weighted by molar-refractivity contribution is 5.30. The maximum absolute atomic E-state index is 5.78. The summed E-state index contributed by atoms with van der Waals surface area (Å²) in [4.78, 5) is 0. The zero-order valence-electron chi connectivity index (χ0n) is 6.09. The molecule has 0 aromatic carbocycles. The second kappa shape index (κ2) is 2.02. The van der Waals surface area contributed by atoms with E-state index in [1.165, 1.54) is 0 Å². The third-order valence-corrected chi connectivity index (χ3v) is 1.43. The molecular weight excluding hydrogens is 126 g/mol. The van der Waals surface area contributed by atoms with Gasteiger partial charge in [0.05, 0.1) is 0 Å². The molecule has 3 nitrogen and oxygen atoms in total. The van der Waals surface area contributed by atoms with Crippen LogP contribution in [-0.4, -0.2) is 5.54 Å². The molecule has 0 heterocycles. The first-order chi connectivity index (χ1) is 4.49. The predicted octanol–water partition coefficient (Wildman–Crippen LogP) is -0.207. The van der Waals surface area contributed by atoms with Crippen LogP contribution in [0.15, 0.2) is 23.5 Å². The average molecular weight is 139 g/mol. The van der Waals surface area contributed by atoms with Gasteiger partial charge in [0.2, 0.25) is 0 Å². The van der Waals surface area contributed by atoms with Crippen LogP contribution in [0.5, 0.6) is 0 Å². The number of rotatable bonds is 0. The van der Waals surface area contributed by atoms with Crippen molar-refractivity contribution in [1.82, 2.24) is 0 Å². The Morgan fingerprint density at radius 1 is 1.50 bits per heavy atom. The molecule has 0 saturated heterocycles. The first-order valence-corrected chi connectivity index (χ1v) is 3.23. The molecule has 1 atom stereocenters. The molecule has 0 amide bonds. The van der Waals surface area contributed by atoms with Crippen molar-refractivity contribution in [2.45, 2.75) is 18.9 Å². The molecule has 1 aliphatic rings. The van der Waals surface area contributed by atoms with E-state index in [0.29, 0.717) is 12.1 Å². The van der Waals surface area contributed by atoms with Crippen LogP contribution in [0.3, 0.4) is 0 Å². The average Bonchev–Trinajstić information content (AvgIpc) is 1.54. The van der Waals surface area contributed by atoms with Crippen molar-refractivity contribution in [2.24, 2.45) is 17.2 Å². The minimum Gasteiger partial charge on any atom is -0.402 e. The van der Waals surface area contributed by atoms with Crippen molar-refractivity contribution < 1.29 is 0 Å². The zero-order chi connectivity index (χ0) is 7.78. The summed E-state index contributed by atoms with van der Waals surface area (Å²) in [5.41, 5.74) is 17.9. The van der Waals surface area contributed by atoms with E-state index in [1.807, 2.05) is 13.0 Å². The second-order valence-corrected chi connectivity index (χ2v) is 3.05. The van der Waals surface area contributed by atoms with Crippen molar-refractivity contribution in [3.05, 3.63) is 23.5 Å². The SMILES string of the molecule is CC1(N)C=C(N)C=C(N)C1. The topological polar surface area (TPSA) is 78.1 Å². The molecule has 10 heavy (non-hydrogen) atoms. The molecule has 0 radical (unpaired) electrons. The van der Waals surface area contributed by atoms with E-state index >= 15 is 0 Å². The van der Waals surface area contributed by atoms with Gasteiger partial charge in [-0.25, -0.2) is 0 Å². The van der Waals surface area contributed by atoms with Gasteiger partial charge < -0.3 is 17.2 Å². The summed E-state index contributed by atoms with van der Waals surface area (Å²) in [5, 5.41) is 0. The molecule has 0 saturated carbocycles. The summed E-state index contributed by atoms with van der Waals surface area (Å²) in [6.07, 6.45) is 4.26. The molecule has 1 aliphatic carbocycles. The fourth-order valence-corrected chi connectivity index (χ4v) is 1.18. The summed E-state index contributed by atoms with van der Waals surface area (Å²) < 4.78 is 0. The van der Waals surface area contributed by atoms with E-state index in [0.717, 1.165) is 5.70 Å². The lowest BCUT2D eigenvalue weighted by Crippen LogP contribution is -2.38. The number of hydrogen-bond acceptors (Lipinski definition) is 3. The maximum Gasteiger partial charge on any atom is 0.0388 e. The predicted molar refractivity (Wildman–Crippen MR) is 41.8 cm³/mol. The Morgan fingerprint density at radius 3 is 2.50 bits per heavy atom. The maximum atomic E-state index is 5.78. The lowest BCUT2D eigenvalue weighted by atomic mass is 9.92. The van der Waals surface area contributed by atoms with Gasteiger partial charge in [-0.3, -0.25) is 0 Å². The standard InChI is InChI=1S/C7H13N3/c1-7(10)3-5(8)2-6(9)4-7/h2-3H,4,8-10H2,1H3. The lowest BCUT2D eigenvalue weighted by Gasteiger charge is -2.24. The van der Waals surface area contributed by atoms with Crippen molar-refractivity contribution in [1.29, 1.82) is 0 Å². The third kappa shape index (κ3) is 1.51. The molecule has 0 spiro atoms. The van der Waals surface area contributed by atoms with Crippen LogP contribution in [0, 0.1) is 0 Å². The second-order valence-electron chi connectivity index (χ2n) is 3.05. The first kappa shape index (κ1) is 7.15. The molecule has 0 bridgehead atoms. The minimum absolute atomic E-state index is 0.358. The summed E-state index contributed by atoms with van der Waals surface area (Å²) in [6, 6.07) is 0. The number of hydrogen-bond donors (Lipinski definition) is 3. The quantitative estimate of drug-likeness (QED) is 0.434. The van der Waals surface area contributed by atoms with E-state index in [4.69, 9.17) is 17.2 Å². The van der Waals surface area contributed by atoms with Crippen LogP contribution < -0.4 is 17.2 Å². The first-order valence-electron chi connectivity index (χ1n) is 3.23. The Labute approximate surface area is 60.6 Å². The molecule has 0 fully saturated rings. The number of nitrogens with two attached hydrogens (primary N) is 3. The van der Waals surface area contributed by atoms with E-state index in [-0.39, 0.29) is 5.54 Å². The number of allylic oxidation sites excluding steroid dienone is 1. The Bertz CT molecular complexity index is 201. The summed E-state index contributed by atoms with van der Waals surface area (Å²) in [6.45, 7) is 1.90. The van der Waals surface area contributed by atoms with E-state index in [2.05, 4.69) is 0 Å². The minimum atomic E-state index is -0.358. The Balaban J connectivity index is 2.88. The van der Waals surface area contributed by atoms with Crippen molar-refractivity contribution in [3.8, 4) is 0 Å². The third-order valence-electron chi connectivity index (χ3n) is 1.43. The molecular formula is C7H13N3. The van der Waals surface area contributed by atoms with Gasteiger partial charge in [-0.05, 0) is 19.1 Å². The highest BCUT2D eigenvalue weighted by Crippen LogP contribution is 2.18. The zero-order valence-corrected chi connectivity index (χ0v) is 6.09. The van der Waals surface area contributed by atoms with Crippen LogP contribution in [0.25, 0.3) is 0 Å². The molecule has 3 heteroatoms. The normalized spacial score (nSPS) is 33.0. The van der Waals surface area contributed by atoms with Gasteiger partial charge in [0.25, 0.3) is 0 Å². The van der Waals surface area contributed by atoms with Gasteiger partial charge in [-0.1, -0.05) is 0 Å². The van der Waals surface area contributed by atoms with Crippen molar-refractivity contribution in [3.63, 3.8) is 0 Å². The smallest absolute Gasteiger partial charge is 0.0388 e. The summed E-state index contributed by atoms with van der Waals surface area (Å²) >= 11 is 0. The van der Waals surface area contributed by atoms with E-state index in [1.54, 1.807) is 6.08 Å². The van der Waals surface area contributed by atoms with Crippen molar-refractivity contribution >= 4 is 0 Å². The fraction of sp³-hybridized carbons (Fsp3) is 0.429. The monoisotopic (exact) mass is 139 g/mol. The van der Waals surface area contributed by atoms with Crippen LogP contribution in [0.1, 0.15) is 13.3 Å². The molecule has 6 N–H and O–H groups in total. The van der Waals surface area contributed by atoms with E-state index < -0.39 is 0 Å². The Kier molecular flexibility index (Phi) is 1.45. The summed E-state index contributed by atoms with van der Waals surface area (Å²) in [7, 11) is 0. The Hall–Kier alpha value is -0.960. The van der Waals surface area contributed by atoms with E-state index in [9.17, 15) is 0 Å². The fourth-order valence-electron chi connectivity index (χ4n) is 1.18. The lowest BCUT2D eigenvalue weighted by molar-refractivity contribution is 0.563. The largest absolute Gasteiger partial charge is 0.402 e. The highest BCUT2D eigenvalue weighted by Gasteiger charge is 2.19. The van der Waals surface area contributed by atoms with Crippen molar-refractivity contribution in [2.75, 3.05) is 0 Å². The van der Waals surface area contributed by atoms with Crippen LogP contribution in [0.2, 0.25) is 0 Å².